The van der Waals surface area contributed by atoms with Crippen LogP contribution in [-0.4, -0.2) is 49.4 Å². The number of halogens is 3. The van der Waals surface area contributed by atoms with Gasteiger partial charge < -0.3 is 10.2 Å². The van der Waals surface area contributed by atoms with Crippen molar-refractivity contribution in [2.24, 2.45) is 0 Å². The molecule has 0 bridgehead atoms. The fraction of sp³-hybridized carbons (Fsp3) is 1.00. The number of hydrogen-bond acceptors (Lipinski definition) is 3. The quantitative estimate of drug-likeness (QED) is 0.700. The highest BCUT2D eigenvalue weighted by Crippen LogP contribution is 2.29. The van der Waals surface area contributed by atoms with Gasteiger partial charge in [-0.1, -0.05) is 0 Å². The van der Waals surface area contributed by atoms with Crippen LogP contribution in [0.1, 0.15) is 6.92 Å². The third-order valence-corrected chi connectivity index (χ3v) is 2.24. The zero-order valence-corrected chi connectivity index (χ0v) is 9.50. The summed E-state index contributed by atoms with van der Waals surface area (Å²) >= 11 is 0.0183. The van der Waals surface area contributed by atoms with Gasteiger partial charge in [-0.3, -0.25) is 0 Å². The van der Waals surface area contributed by atoms with Crippen LogP contribution >= 0.6 is 11.8 Å². The Morgan fingerprint density at radius 3 is 2.36 bits per heavy atom. The first-order valence-corrected chi connectivity index (χ1v) is 5.38. The molecule has 0 radical (unpaired) electrons. The van der Waals surface area contributed by atoms with Crippen LogP contribution in [0.3, 0.4) is 0 Å². The second kappa shape index (κ2) is 6.53. The summed E-state index contributed by atoms with van der Waals surface area (Å²) in [6.07, 6.45) is 0. The Labute approximate surface area is 87.2 Å². The molecule has 1 N–H and O–H groups in total. The lowest BCUT2D eigenvalue weighted by Gasteiger charge is -2.18. The summed E-state index contributed by atoms with van der Waals surface area (Å²) < 4.78 is 35.2. The second-order valence-corrected chi connectivity index (χ2v) is 4.57. The number of thioether (sulfide) groups is 1. The molecule has 0 aliphatic heterocycles. The first kappa shape index (κ1) is 14.1. The van der Waals surface area contributed by atoms with E-state index >= 15 is 0 Å². The van der Waals surface area contributed by atoms with Crippen LogP contribution in [-0.2, 0) is 0 Å². The van der Waals surface area contributed by atoms with E-state index in [1.165, 1.54) is 0 Å². The Balaban J connectivity index is 3.36. The van der Waals surface area contributed by atoms with E-state index in [0.29, 0.717) is 6.54 Å². The summed E-state index contributed by atoms with van der Waals surface area (Å²) in [5, 5.41) is 3.02. The number of hydrogen-bond donors (Lipinski definition) is 1. The molecule has 14 heavy (non-hydrogen) atoms. The van der Waals surface area contributed by atoms with Gasteiger partial charge in [-0.05, 0) is 32.8 Å². The molecule has 0 saturated heterocycles. The molecule has 0 heterocycles. The van der Waals surface area contributed by atoms with Gasteiger partial charge in [-0.2, -0.15) is 13.2 Å². The molecule has 0 aromatic heterocycles. The third-order valence-electron chi connectivity index (χ3n) is 1.50. The molecular weight excluding hydrogens is 213 g/mol. The Morgan fingerprint density at radius 1 is 1.36 bits per heavy atom. The lowest BCUT2D eigenvalue weighted by molar-refractivity contribution is -0.0327. The number of likely N-dealkylation sites (N-methyl/N-ethyl adjacent to an activating group) is 1. The van der Waals surface area contributed by atoms with Gasteiger partial charge in [0.05, 0.1) is 0 Å². The van der Waals surface area contributed by atoms with Crippen LogP contribution in [0, 0.1) is 0 Å². The molecule has 2 nitrogen and oxygen atoms in total. The Kier molecular flexibility index (Phi) is 6.55. The minimum Gasteiger partial charge on any atom is -0.312 e. The fourth-order valence-electron chi connectivity index (χ4n) is 1.08. The van der Waals surface area contributed by atoms with Gasteiger partial charge in [0.25, 0.3) is 0 Å². The molecule has 0 aromatic carbocycles. The van der Waals surface area contributed by atoms with Gasteiger partial charge in [0.1, 0.15) is 0 Å². The molecule has 0 aromatic rings. The molecule has 1 unspecified atom stereocenters. The van der Waals surface area contributed by atoms with Gasteiger partial charge in [0, 0.05) is 24.9 Å². The van der Waals surface area contributed by atoms with Crippen LogP contribution in [0.2, 0.25) is 0 Å². The molecule has 0 aliphatic carbocycles. The first-order valence-electron chi connectivity index (χ1n) is 4.40. The summed E-state index contributed by atoms with van der Waals surface area (Å²) in [6, 6.07) is 0.221. The van der Waals surface area contributed by atoms with Gasteiger partial charge in [-0.15, -0.1) is 0 Å². The van der Waals surface area contributed by atoms with Crippen molar-refractivity contribution in [1.29, 1.82) is 0 Å². The van der Waals surface area contributed by atoms with E-state index in [9.17, 15) is 13.2 Å². The van der Waals surface area contributed by atoms with Crippen molar-refractivity contribution in [3.05, 3.63) is 0 Å². The van der Waals surface area contributed by atoms with Crippen LogP contribution in [0.4, 0.5) is 13.2 Å². The monoisotopic (exact) mass is 230 g/mol. The zero-order chi connectivity index (χ0) is 11.2. The predicted molar refractivity (Wildman–Crippen MR) is 54.5 cm³/mol. The Hall–Kier alpha value is 0.0600. The van der Waals surface area contributed by atoms with E-state index in [1.54, 1.807) is 0 Å². The van der Waals surface area contributed by atoms with Gasteiger partial charge in [-0.25, -0.2) is 0 Å². The number of nitrogens with one attached hydrogen (secondary N) is 1. The molecule has 86 valence electrons. The lowest BCUT2D eigenvalue weighted by atomic mass is 10.3. The topological polar surface area (TPSA) is 15.3 Å². The van der Waals surface area contributed by atoms with Crippen molar-refractivity contribution in [2.45, 2.75) is 18.5 Å². The van der Waals surface area contributed by atoms with Crippen molar-refractivity contribution in [3.8, 4) is 0 Å². The van der Waals surface area contributed by atoms with E-state index in [-0.39, 0.29) is 23.6 Å². The van der Waals surface area contributed by atoms with Crippen LogP contribution in [0.25, 0.3) is 0 Å². The van der Waals surface area contributed by atoms with Gasteiger partial charge in [0.2, 0.25) is 0 Å². The molecule has 0 rings (SSSR count). The number of alkyl halides is 3. The molecule has 0 spiro atoms. The predicted octanol–water partition coefficient (Wildman–Crippen LogP) is 1.78. The van der Waals surface area contributed by atoms with E-state index in [2.05, 4.69) is 5.32 Å². The fourth-order valence-corrected chi connectivity index (χ4v) is 1.54. The maximum atomic E-state index is 11.7. The van der Waals surface area contributed by atoms with Crippen LogP contribution < -0.4 is 5.32 Å². The van der Waals surface area contributed by atoms with E-state index in [0.717, 1.165) is 6.54 Å². The largest absolute Gasteiger partial charge is 0.441 e. The maximum Gasteiger partial charge on any atom is 0.441 e. The zero-order valence-electron chi connectivity index (χ0n) is 8.69. The van der Waals surface area contributed by atoms with E-state index in [1.807, 2.05) is 25.9 Å². The first-order chi connectivity index (χ1) is 6.31. The van der Waals surface area contributed by atoms with Crippen LogP contribution in [0.5, 0.6) is 0 Å². The second-order valence-electron chi connectivity index (χ2n) is 3.41. The normalized spacial score (nSPS) is 14.8. The standard InChI is InChI=1S/C8H17F3N2S/c1-7(6-13(2)3)12-4-5-14-8(9,10)11/h7,12H,4-6H2,1-3H3. The van der Waals surface area contributed by atoms with E-state index < -0.39 is 5.51 Å². The van der Waals surface area contributed by atoms with Crippen molar-refractivity contribution >= 4 is 11.8 Å². The summed E-state index contributed by atoms with van der Waals surface area (Å²) in [5.74, 6) is 0.0707. The molecule has 0 amide bonds. The molecule has 0 saturated carbocycles. The molecule has 0 fully saturated rings. The average Bonchev–Trinajstić information content (AvgIpc) is 1.95. The van der Waals surface area contributed by atoms with Crippen molar-refractivity contribution in [1.82, 2.24) is 10.2 Å². The summed E-state index contributed by atoms with van der Waals surface area (Å²) in [4.78, 5) is 1.99. The highest BCUT2D eigenvalue weighted by atomic mass is 32.2. The molecule has 6 heteroatoms. The minimum absolute atomic E-state index is 0.0183. The lowest BCUT2D eigenvalue weighted by Crippen LogP contribution is -2.37. The Bertz CT molecular complexity index is 150. The highest BCUT2D eigenvalue weighted by Gasteiger charge is 2.27. The SMILES string of the molecule is CC(CN(C)C)NCCSC(F)(F)F. The summed E-state index contributed by atoms with van der Waals surface area (Å²) in [6.45, 7) is 3.17. The summed E-state index contributed by atoms with van der Waals surface area (Å²) in [7, 11) is 3.87. The molecule has 0 aliphatic rings. The summed E-state index contributed by atoms with van der Waals surface area (Å²) in [5.41, 5.74) is -4.10. The van der Waals surface area contributed by atoms with Crippen molar-refractivity contribution in [3.63, 3.8) is 0 Å². The van der Waals surface area contributed by atoms with Gasteiger partial charge >= 0.3 is 5.51 Å². The highest BCUT2D eigenvalue weighted by molar-refractivity contribution is 8.00. The number of rotatable bonds is 6. The molecular formula is C8H17F3N2S. The van der Waals surface area contributed by atoms with E-state index in [4.69, 9.17) is 0 Å². The van der Waals surface area contributed by atoms with Crippen molar-refractivity contribution < 1.29 is 13.2 Å². The smallest absolute Gasteiger partial charge is 0.312 e. The average molecular weight is 230 g/mol. The van der Waals surface area contributed by atoms with Crippen LogP contribution in [0.15, 0.2) is 0 Å². The molecule has 1 atom stereocenters. The number of nitrogens with zero attached hydrogens (tertiary/aromatic N) is 1. The van der Waals surface area contributed by atoms with Gasteiger partial charge in [0.15, 0.2) is 0 Å². The minimum atomic E-state index is -4.10. The van der Waals surface area contributed by atoms with Crippen molar-refractivity contribution in [2.75, 3.05) is 32.9 Å². The Morgan fingerprint density at radius 2 is 1.93 bits per heavy atom. The third kappa shape index (κ3) is 10.1. The maximum absolute atomic E-state index is 11.7.